The van der Waals surface area contributed by atoms with Crippen molar-refractivity contribution in [3.8, 4) is 0 Å². The van der Waals surface area contributed by atoms with Crippen LogP contribution in [0.5, 0.6) is 0 Å². The Hall–Kier alpha value is -3.49. The van der Waals surface area contributed by atoms with E-state index in [4.69, 9.17) is 4.52 Å². The Morgan fingerprint density at radius 3 is 2.50 bits per heavy atom. The summed E-state index contributed by atoms with van der Waals surface area (Å²) in [5.41, 5.74) is 2.79. The molecular weight excluding hydrogens is 382 g/mol. The molecule has 3 aromatic heterocycles. The minimum atomic E-state index is 0.0975. The average Bonchev–Trinajstić information content (AvgIpc) is 3.06. The molecule has 0 aromatic carbocycles. The maximum atomic E-state index is 12.7. The fourth-order valence-corrected chi connectivity index (χ4v) is 3.50. The molecule has 1 N–H and O–H groups in total. The van der Waals surface area contributed by atoms with Gasteiger partial charge in [0.1, 0.15) is 11.6 Å². The third kappa shape index (κ3) is 4.40. The highest BCUT2D eigenvalue weighted by molar-refractivity contribution is 5.79. The lowest BCUT2D eigenvalue weighted by Crippen LogP contribution is -2.49. The van der Waals surface area contributed by atoms with Gasteiger partial charge in [0.05, 0.1) is 12.1 Å². The minimum Gasteiger partial charge on any atom is -0.361 e. The van der Waals surface area contributed by atoms with Crippen molar-refractivity contribution in [2.45, 2.75) is 27.2 Å². The lowest BCUT2D eigenvalue weighted by atomic mass is 10.1. The Kier molecular flexibility index (Phi) is 5.60. The minimum absolute atomic E-state index is 0.0975. The summed E-state index contributed by atoms with van der Waals surface area (Å²) in [7, 11) is 0. The molecule has 156 valence electrons. The number of nitrogens with zero attached hydrogens (tertiary/aromatic N) is 6. The van der Waals surface area contributed by atoms with Crippen LogP contribution in [-0.2, 0) is 11.2 Å². The van der Waals surface area contributed by atoms with Crippen LogP contribution in [0.1, 0.15) is 22.6 Å². The normalized spacial score (nSPS) is 14.1. The quantitative estimate of drug-likeness (QED) is 0.688. The first-order valence-electron chi connectivity index (χ1n) is 9.97. The number of nitrogens with one attached hydrogen (secondary N) is 1. The van der Waals surface area contributed by atoms with Crippen LogP contribution in [0.3, 0.4) is 0 Å². The summed E-state index contributed by atoms with van der Waals surface area (Å²) >= 11 is 0. The lowest BCUT2D eigenvalue weighted by molar-refractivity contribution is -0.130. The lowest BCUT2D eigenvalue weighted by Gasteiger charge is -2.35. The van der Waals surface area contributed by atoms with Crippen LogP contribution in [0.25, 0.3) is 0 Å². The van der Waals surface area contributed by atoms with Gasteiger partial charge in [-0.15, -0.1) is 10.2 Å². The molecule has 9 heteroatoms. The number of aromatic nitrogens is 4. The van der Waals surface area contributed by atoms with Crippen LogP contribution in [0.4, 0.5) is 17.5 Å². The van der Waals surface area contributed by atoms with Crippen molar-refractivity contribution in [2.75, 3.05) is 36.4 Å². The predicted molar refractivity (Wildman–Crippen MR) is 113 cm³/mol. The second-order valence-electron chi connectivity index (χ2n) is 7.47. The van der Waals surface area contributed by atoms with Crippen molar-refractivity contribution in [1.82, 2.24) is 25.2 Å². The topological polar surface area (TPSA) is 100 Å². The van der Waals surface area contributed by atoms with E-state index in [0.717, 1.165) is 28.5 Å². The summed E-state index contributed by atoms with van der Waals surface area (Å²) in [5.74, 6) is 2.99. The molecule has 1 fully saturated rings. The van der Waals surface area contributed by atoms with Crippen molar-refractivity contribution in [3.63, 3.8) is 0 Å². The molecule has 0 aliphatic carbocycles. The van der Waals surface area contributed by atoms with Gasteiger partial charge in [-0.1, -0.05) is 5.16 Å². The number of carbonyl (C=O) groups excluding carboxylic acids is 1. The maximum Gasteiger partial charge on any atom is 0.227 e. The SMILES string of the molecule is Cc1ccnc(Nc2ccc(N3CCN(C(=O)Cc4c(C)noc4C)CC3)nn2)c1. The summed E-state index contributed by atoms with van der Waals surface area (Å²) in [6, 6.07) is 7.72. The molecular formula is C21H25N7O2. The van der Waals surface area contributed by atoms with E-state index in [-0.39, 0.29) is 5.91 Å². The molecule has 1 aliphatic rings. The number of amides is 1. The fraction of sp³-hybridized carbons (Fsp3) is 0.381. The number of anilines is 3. The molecule has 0 spiro atoms. The van der Waals surface area contributed by atoms with Gasteiger partial charge in [0.15, 0.2) is 11.6 Å². The second-order valence-corrected chi connectivity index (χ2v) is 7.47. The smallest absolute Gasteiger partial charge is 0.227 e. The van der Waals surface area contributed by atoms with Crippen LogP contribution < -0.4 is 10.2 Å². The van der Waals surface area contributed by atoms with Gasteiger partial charge in [-0.2, -0.15) is 0 Å². The number of rotatable bonds is 5. The van der Waals surface area contributed by atoms with Crippen molar-refractivity contribution < 1.29 is 9.32 Å². The van der Waals surface area contributed by atoms with E-state index < -0.39 is 0 Å². The first kappa shape index (κ1) is 19.8. The van der Waals surface area contributed by atoms with Gasteiger partial charge < -0.3 is 19.6 Å². The Balaban J connectivity index is 1.32. The molecule has 0 saturated carbocycles. The van der Waals surface area contributed by atoms with Crippen LogP contribution in [-0.4, -0.2) is 57.3 Å². The highest BCUT2D eigenvalue weighted by atomic mass is 16.5. The van der Waals surface area contributed by atoms with Gasteiger partial charge in [0.2, 0.25) is 5.91 Å². The molecule has 0 radical (unpaired) electrons. The Morgan fingerprint density at radius 1 is 1.07 bits per heavy atom. The molecule has 0 atom stereocenters. The first-order chi connectivity index (χ1) is 14.5. The van der Waals surface area contributed by atoms with E-state index in [0.29, 0.717) is 44.2 Å². The van der Waals surface area contributed by atoms with E-state index in [1.54, 1.807) is 6.20 Å². The summed E-state index contributed by atoms with van der Waals surface area (Å²) in [4.78, 5) is 20.9. The van der Waals surface area contributed by atoms with Crippen molar-refractivity contribution in [3.05, 3.63) is 53.0 Å². The molecule has 3 aromatic rings. The van der Waals surface area contributed by atoms with E-state index in [9.17, 15) is 4.79 Å². The van der Waals surface area contributed by atoms with Gasteiger partial charge >= 0.3 is 0 Å². The predicted octanol–water partition coefficient (Wildman–Crippen LogP) is 2.42. The number of piperazine rings is 1. The van der Waals surface area contributed by atoms with Gasteiger partial charge in [0, 0.05) is 37.9 Å². The molecule has 1 saturated heterocycles. The highest BCUT2D eigenvalue weighted by Crippen LogP contribution is 2.18. The largest absolute Gasteiger partial charge is 0.361 e. The van der Waals surface area contributed by atoms with Gasteiger partial charge in [-0.05, 0) is 50.6 Å². The zero-order valence-corrected chi connectivity index (χ0v) is 17.4. The Bertz CT molecular complexity index is 1000. The number of aryl methyl sites for hydroxylation is 3. The fourth-order valence-electron chi connectivity index (χ4n) is 3.50. The second kappa shape index (κ2) is 8.48. The van der Waals surface area contributed by atoms with Gasteiger partial charge in [-0.25, -0.2) is 4.98 Å². The van der Waals surface area contributed by atoms with Gasteiger partial charge in [-0.3, -0.25) is 4.79 Å². The number of hydrogen-bond acceptors (Lipinski definition) is 8. The molecule has 1 aliphatic heterocycles. The third-order valence-corrected chi connectivity index (χ3v) is 5.29. The summed E-state index contributed by atoms with van der Waals surface area (Å²) < 4.78 is 5.16. The summed E-state index contributed by atoms with van der Waals surface area (Å²) in [5, 5.41) is 15.7. The van der Waals surface area contributed by atoms with Gasteiger partial charge in [0.25, 0.3) is 0 Å². The molecule has 4 heterocycles. The molecule has 30 heavy (non-hydrogen) atoms. The number of pyridine rings is 1. The maximum absolute atomic E-state index is 12.7. The summed E-state index contributed by atoms with van der Waals surface area (Å²) in [6.07, 6.45) is 2.08. The van der Waals surface area contributed by atoms with Crippen molar-refractivity contribution >= 4 is 23.4 Å². The molecule has 9 nitrogen and oxygen atoms in total. The van der Waals surface area contributed by atoms with Crippen LogP contribution in [0.15, 0.2) is 35.0 Å². The van der Waals surface area contributed by atoms with Crippen LogP contribution in [0, 0.1) is 20.8 Å². The zero-order chi connectivity index (χ0) is 21.1. The van der Waals surface area contributed by atoms with E-state index in [2.05, 4.69) is 30.6 Å². The monoisotopic (exact) mass is 407 g/mol. The average molecular weight is 407 g/mol. The first-order valence-corrected chi connectivity index (χ1v) is 9.97. The third-order valence-electron chi connectivity index (χ3n) is 5.29. The number of carbonyl (C=O) groups is 1. The van der Waals surface area contributed by atoms with E-state index in [1.807, 2.05) is 49.9 Å². The molecule has 1 amide bonds. The van der Waals surface area contributed by atoms with E-state index >= 15 is 0 Å². The standard InChI is InChI=1S/C21H25N7O2/c1-14-6-7-22-19(12-14)23-18-4-5-20(25-24-18)27-8-10-28(11-9-27)21(29)13-17-15(2)26-30-16(17)3/h4-7,12H,8-11,13H2,1-3H3,(H,22,23,24). The molecule has 0 bridgehead atoms. The highest BCUT2D eigenvalue weighted by Gasteiger charge is 2.24. The summed E-state index contributed by atoms with van der Waals surface area (Å²) in [6.45, 7) is 8.45. The number of hydrogen-bond donors (Lipinski definition) is 1. The molecule has 0 unspecified atom stereocenters. The van der Waals surface area contributed by atoms with Crippen LogP contribution >= 0.6 is 0 Å². The van der Waals surface area contributed by atoms with E-state index in [1.165, 1.54) is 0 Å². The Labute approximate surface area is 175 Å². The van der Waals surface area contributed by atoms with Crippen molar-refractivity contribution in [1.29, 1.82) is 0 Å². The van der Waals surface area contributed by atoms with Crippen LogP contribution in [0.2, 0.25) is 0 Å². The van der Waals surface area contributed by atoms with Crippen molar-refractivity contribution in [2.24, 2.45) is 0 Å². The zero-order valence-electron chi connectivity index (χ0n) is 17.4. The molecule has 4 rings (SSSR count). The Morgan fingerprint density at radius 2 is 1.87 bits per heavy atom.